The number of carboxylic acid groups (broad SMARTS) is 1. The van der Waals surface area contributed by atoms with Gasteiger partial charge in [0.15, 0.2) is 17.6 Å². The Morgan fingerprint density at radius 3 is 2.47 bits per heavy atom. The molecule has 1 heterocycles. The number of imide groups is 2. The van der Waals surface area contributed by atoms with Crippen molar-refractivity contribution in [3.05, 3.63) is 58.6 Å². The van der Waals surface area contributed by atoms with Gasteiger partial charge in [-0.25, -0.2) is 14.5 Å². The average Bonchev–Trinajstić information content (AvgIpc) is 2.74. The Morgan fingerprint density at radius 2 is 1.84 bits per heavy atom. The lowest BCUT2D eigenvalue weighted by atomic mass is 10.1. The van der Waals surface area contributed by atoms with E-state index in [9.17, 15) is 19.2 Å². The van der Waals surface area contributed by atoms with E-state index in [-0.39, 0.29) is 29.4 Å². The molecule has 9 nitrogen and oxygen atoms in total. The molecule has 166 valence electrons. The van der Waals surface area contributed by atoms with Crippen molar-refractivity contribution < 1.29 is 33.8 Å². The molecule has 0 aliphatic carbocycles. The van der Waals surface area contributed by atoms with Gasteiger partial charge in [-0.05, 0) is 61.9 Å². The number of barbiturate groups is 1. The van der Waals surface area contributed by atoms with Crippen LogP contribution in [0.25, 0.3) is 6.08 Å². The van der Waals surface area contributed by atoms with E-state index >= 15 is 0 Å². The summed E-state index contributed by atoms with van der Waals surface area (Å²) in [5.41, 5.74) is 0.388. The van der Waals surface area contributed by atoms with Gasteiger partial charge in [-0.1, -0.05) is 17.7 Å². The minimum atomic E-state index is -1.14. The standard InChI is InChI=1S/C22H19ClN2O7/c1-3-31-18-11-13(4-9-17(18)32-12(2)21(28)29)10-16-19(26)24-22(30)25(20(16)27)15-7-5-14(23)6-8-15/h4-12H,3H2,1-2H3,(H,28,29)(H,24,26,30)/b16-10-/t12-/m1/s1. The first kappa shape index (κ1) is 22.8. The average molecular weight is 459 g/mol. The number of halogens is 1. The van der Waals surface area contributed by atoms with Crippen LogP contribution in [0.1, 0.15) is 19.4 Å². The van der Waals surface area contributed by atoms with Gasteiger partial charge in [0.25, 0.3) is 11.8 Å². The largest absolute Gasteiger partial charge is 0.490 e. The maximum atomic E-state index is 13.0. The lowest BCUT2D eigenvalue weighted by Gasteiger charge is -2.26. The zero-order valence-electron chi connectivity index (χ0n) is 17.1. The molecule has 2 aromatic rings. The second-order valence-electron chi connectivity index (χ2n) is 6.67. The van der Waals surface area contributed by atoms with Crippen LogP contribution in [-0.4, -0.2) is 41.6 Å². The molecule has 0 bridgehead atoms. The maximum Gasteiger partial charge on any atom is 0.344 e. The second kappa shape index (κ2) is 9.52. The molecule has 1 aliphatic rings. The third-order valence-corrected chi connectivity index (χ3v) is 4.67. The first-order valence-corrected chi connectivity index (χ1v) is 9.92. The number of aliphatic carboxylic acids is 1. The Morgan fingerprint density at radius 1 is 1.16 bits per heavy atom. The van der Waals surface area contributed by atoms with Gasteiger partial charge in [0.1, 0.15) is 5.57 Å². The first-order chi connectivity index (χ1) is 15.2. The highest BCUT2D eigenvalue weighted by molar-refractivity contribution is 6.39. The van der Waals surface area contributed by atoms with Crippen molar-refractivity contribution in [2.75, 3.05) is 11.5 Å². The lowest BCUT2D eigenvalue weighted by Crippen LogP contribution is -2.54. The number of amides is 4. The minimum absolute atomic E-state index is 0.196. The molecule has 3 rings (SSSR count). The van der Waals surface area contributed by atoms with E-state index in [0.29, 0.717) is 10.6 Å². The van der Waals surface area contributed by atoms with Gasteiger partial charge >= 0.3 is 12.0 Å². The molecule has 1 atom stereocenters. The van der Waals surface area contributed by atoms with Crippen molar-refractivity contribution in [3.8, 4) is 11.5 Å². The number of benzene rings is 2. The molecule has 32 heavy (non-hydrogen) atoms. The van der Waals surface area contributed by atoms with Gasteiger partial charge in [-0.2, -0.15) is 0 Å². The van der Waals surface area contributed by atoms with Crippen LogP contribution >= 0.6 is 11.6 Å². The third kappa shape index (κ3) is 4.89. The number of urea groups is 1. The summed E-state index contributed by atoms with van der Waals surface area (Å²) in [5.74, 6) is -2.36. The Labute approximate surface area is 188 Å². The fourth-order valence-corrected chi connectivity index (χ4v) is 3.00. The summed E-state index contributed by atoms with van der Waals surface area (Å²) in [5, 5.41) is 11.6. The van der Waals surface area contributed by atoms with Gasteiger partial charge < -0.3 is 14.6 Å². The predicted molar refractivity (Wildman–Crippen MR) is 116 cm³/mol. The highest BCUT2D eigenvalue weighted by Crippen LogP contribution is 2.31. The van der Waals surface area contributed by atoms with E-state index in [4.69, 9.17) is 26.2 Å². The van der Waals surface area contributed by atoms with E-state index in [0.717, 1.165) is 4.90 Å². The summed E-state index contributed by atoms with van der Waals surface area (Å²) in [6.07, 6.45) is 0.197. The number of hydrogen-bond acceptors (Lipinski definition) is 6. The van der Waals surface area contributed by atoms with Crippen molar-refractivity contribution in [1.29, 1.82) is 0 Å². The van der Waals surface area contributed by atoms with Crippen LogP contribution in [0.2, 0.25) is 5.02 Å². The smallest absolute Gasteiger partial charge is 0.344 e. The van der Waals surface area contributed by atoms with Crippen LogP contribution in [-0.2, 0) is 14.4 Å². The molecule has 0 unspecified atom stereocenters. The van der Waals surface area contributed by atoms with Crippen LogP contribution in [0.5, 0.6) is 11.5 Å². The fraction of sp³-hybridized carbons (Fsp3) is 0.182. The van der Waals surface area contributed by atoms with Crippen molar-refractivity contribution in [2.45, 2.75) is 20.0 Å². The van der Waals surface area contributed by atoms with Crippen LogP contribution in [0.15, 0.2) is 48.0 Å². The van der Waals surface area contributed by atoms with Crippen molar-refractivity contribution >= 4 is 47.2 Å². The monoisotopic (exact) mass is 458 g/mol. The molecule has 0 spiro atoms. The van der Waals surface area contributed by atoms with Gasteiger partial charge in [0, 0.05) is 5.02 Å². The number of carboxylic acids is 1. The summed E-state index contributed by atoms with van der Waals surface area (Å²) in [4.78, 5) is 49.5. The number of carbonyl (C=O) groups excluding carboxylic acids is 3. The molecule has 2 aromatic carbocycles. The Balaban J connectivity index is 1.96. The van der Waals surface area contributed by atoms with E-state index in [1.165, 1.54) is 55.5 Å². The normalized spacial score (nSPS) is 16.0. The second-order valence-corrected chi connectivity index (χ2v) is 7.11. The van der Waals surface area contributed by atoms with Crippen molar-refractivity contribution in [1.82, 2.24) is 5.32 Å². The van der Waals surface area contributed by atoms with E-state index < -0.39 is 29.9 Å². The van der Waals surface area contributed by atoms with Gasteiger partial charge in [-0.3, -0.25) is 14.9 Å². The zero-order valence-corrected chi connectivity index (χ0v) is 17.9. The number of hydrogen-bond donors (Lipinski definition) is 2. The quantitative estimate of drug-likeness (QED) is 0.482. The van der Waals surface area contributed by atoms with Gasteiger partial charge in [0.05, 0.1) is 12.3 Å². The molecular formula is C22H19ClN2O7. The van der Waals surface area contributed by atoms with E-state index in [1.54, 1.807) is 6.92 Å². The molecule has 0 aromatic heterocycles. The summed E-state index contributed by atoms with van der Waals surface area (Å²) in [7, 11) is 0. The highest BCUT2D eigenvalue weighted by atomic mass is 35.5. The molecule has 10 heteroatoms. The minimum Gasteiger partial charge on any atom is -0.490 e. The molecule has 0 radical (unpaired) electrons. The summed E-state index contributed by atoms with van der Waals surface area (Å²) in [6.45, 7) is 3.39. The summed E-state index contributed by atoms with van der Waals surface area (Å²) < 4.78 is 10.9. The Kier molecular flexibility index (Phi) is 6.79. The molecule has 1 aliphatic heterocycles. The highest BCUT2D eigenvalue weighted by Gasteiger charge is 2.36. The van der Waals surface area contributed by atoms with Crippen LogP contribution in [0, 0.1) is 0 Å². The molecule has 4 amide bonds. The number of anilines is 1. The summed E-state index contributed by atoms with van der Waals surface area (Å²) in [6, 6.07) is 9.63. The fourth-order valence-electron chi connectivity index (χ4n) is 2.87. The predicted octanol–water partition coefficient (Wildman–Crippen LogP) is 3.26. The molecular weight excluding hydrogens is 440 g/mol. The third-order valence-electron chi connectivity index (χ3n) is 4.42. The number of ether oxygens (including phenoxy) is 2. The Hall–Kier alpha value is -3.85. The van der Waals surface area contributed by atoms with Crippen LogP contribution in [0.3, 0.4) is 0 Å². The van der Waals surface area contributed by atoms with Gasteiger partial charge in [-0.15, -0.1) is 0 Å². The van der Waals surface area contributed by atoms with Crippen molar-refractivity contribution in [3.63, 3.8) is 0 Å². The molecule has 0 saturated carbocycles. The topological polar surface area (TPSA) is 122 Å². The number of nitrogens with one attached hydrogen (secondary N) is 1. The van der Waals surface area contributed by atoms with Crippen molar-refractivity contribution in [2.24, 2.45) is 0 Å². The maximum absolute atomic E-state index is 13.0. The lowest BCUT2D eigenvalue weighted by molar-refractivity contribution is -0.144. The SMILES string of the molecule is CCOc1cc(/C=C2/C(=O)NC(=O)N(c3ccc(Cl)cc3)C2=O)ccc1O[C@H](C)C(=O)O. The summed E-state index contributed by atoms with van der Waals surface area (Å²) >= 11 is 5.86. The van der Waals surface area contributed by atoms with E-state index in [1.807, 2.05) is 0 Å². The van der Waals surface area contributed by atoms with E-state index in [2.05, 4.69) is 5.32 Å². The molecule has 1 fully saturated rings. The van der Waals surface area contributed by atoms with Crippen LogP contribution < -0.4 is 19.7 Å². The Bertz CT molecular complexity index is 1110. The number of carbonyl (C=O) groups is 4. The molecule has 1 saturated heterocycles. The number of nitrogens with zero attached hydrogens (tertiary/aromatic N) is 1. The first-order valence-electron chi connectivity index (χ1n) is 9.54. The van der Waals surface area contributed by atoms with Gasteiger partial charge in [0.2, 0.25) is 0 Å². The molecule has 2 N–H and O–H groups in total. The van der Waals surface area contributed by atoms with Crippen LogP contribution in [0.4, 0.5) is 10.5 Å². The zero-order chi connectivity index (χ0) is 23.4. The number of rotatable bonds is 7.